The summed E-state index contributed by atoms with van der Waals surface area (Å²) in [5, 5.41) is 0. The Morgan fingerprint density at radius 3 is 2.11 bits per heavy atom. The lowest BCUT2D eigenvalue weighted by Crippen LogP contribution is -1.85. The Labute approximate surface area is 164 Å². The minimum Gasteiger partial charge on any atom is -0.497 e. The summed E-state index contributed by atoms with van der Waals surface area (Å²) in [4.78, 5) is 13.1. The second-order valence-electron chi connectivity index (χ2n) is 6.25. The van der Waals surface area contributed by atoms with Crippen LogP contribution in [0.2, 0.25) is 0 Å². The van der Waals surface area contributed by atoms with Crippen LogP contribution in [0.15, 0.2) is 96.4 Å². The van der Waals surface area contributed by atoms with Gasteiger partial charge in [0.05, 0.1) is 18.5 Å². The zero-order chi connectivity index (χ0) is 19.2. The smallest absolute Gasteiger partial charge is 0.118 e. The van der Waals surface area contributed by atoms with Crippen LogP contribution < -0.4 is 4.74 Å². The number of hydrogen-bond acceptors (Lipinski definition) is 4. The van der Waals surface area contributed by atoms with Crippen molar-refractivity contribution in [2.24, 2.45) is 4.99 Å². The average Bonchev–Trinajstić information content (AvgIpc) is 2.79. The Morgan fingerprint density at radius 1 is 0.750 bits per heavy atom. The van der Waals surface area contributed by atoms with Gasteiger partial charge in [0.1, 0.15) is 5.75 Å². The van der Waals surface area contributed by atoms with Crippen molar-refractivity contribution in [3.05, 3.63) is 97.0 Å². The zero-order valence-corrected chi connectivity index (χ0v) is 15.5. The molecule has 0 aliphatic heterocycles. The van der Waals surface area contributed by atoms with Gasteiger partial charge < -0.3 is 4.74 Å². The molecule has 0 radical (unpaired) electrons. The molecule has 4 nitrogen and oxygen atoms in total. The number of pyridine rings is 2. The highest BCUT2D eigenvalue weighted by atomic mass is 16.5. The first-order valence-electron chi connectivity index (χ1n) is 8.97. The molecule has 0 bridgehead atoms. The van der Waals surface area contributed by atoms with Gasteiger partial charge in [-0.15, -0.1) is 0 Å². The van der Waals surface area contributed by atoms with Gasteiger partial charge in [0.2, 0.25) is 0 Å². The lowest BCUT2D eigenvalue weighted by atomic mass is 10.1. The standard InChI is InChI=1S/C24H19N3O/c1-28-23-9-2-18(3-10-23)16-26-22-7-4-19(5-8-22)21-6-11-24(27-17-21)20-12-14-25-15-13-20/h2-17H,1H3/b26-16+. The van der Waals surface area contributed by atoms with Crippen LogP contribution >= 0.6 is 0 Å². The lowest BCUT2D eigenvalue weighted by Gasteiger charge is -2.04. The Bertz CT molecular complexity index is 1060. The van der Waals surface area contributed by atoms with Crippen LogP contribution in [0.5, 0.6) is 5.75 Å². The van der Waals surface area contributed by atoms with Gasteiger partial charge in [-0.2, -0.15) is 0 Å². The molecule has 0 aliphatic carbocycles. The molecule has 2 aromatic heterocycles. The summed E-state index contributed by atoms with van der Waals surface area (Å²) in [6.45, 7) is 0. The molecule has 0 amide bonds. The van der Waals surface area contributed by atoms with E-state index in [0.717, 1.165) is 39.4 Å². The molecule has 0 atom stereocenters. The van der Waals surface area contributed by atoms with Gasteiger partial charge in [-0.25, -0.2) is 0 Å². The number of ether oxygens (including phenoxy) is 1. The molecule has 0 unspecified atom stereocenters. The van der Waals surface area contributed by atoms with E-state index in [0.29, 0.717) is 0 Å². The Kier molecular flexibility index (Phi) is 5.20. The average molecular weight is 365 g/mol. The van der Waals surface area contributed by atoms with Crippen molar-refractivity contribution < 1.29 is 4.74 Å². The minimum atomic E-state index is 0.838. The van der Waals surface area contributed by atoms with Crippen molar-refractivity contribution in [1.29, 1.82) is 0 Å². The highest BCUT2D eigenvalue weighted by molar-refractivity contribution is 5.82. The van der Waals surface area contributed by atoms with E-state index >= 15 is 0 Å². The summed E-state index contributed by atoms with van der Waals surface area (Å²) in [6, 6.07) is 24.0. The molecule has 2 heterocycles. The monoisotopic (exact) mass is 365 g/mol. The molecule has 0 saturated carbocycles. The van der Waals surface area contributed by atoms with E-state index in [4.69, 9.17) is 4.74 Å². The molecular formula is C24H19N3O. The van der Waals surface area contributed by atoms with E-state index in [1.165, 1.54) is 0 Å². The third-order valence-corrected chi connectivity index (χ3v) is 4.42. The molecular weight excluding hydrogens is 346 g/mol. The number of rotatable bonds is 5. The maximum absolute atomic E-state index is 5.17. The molecule has 0 spiro atoms. The molecule has 28 heavy (non-hydrogen) atoms. The first-order chi connectivity index (χ1) is 13.8. The normalized spacial score (nSPS) is 10.9. The predicted octanol–water partition coefficient (Wildman–Crippen LogP) is 5.57. The van der Waals surface area contributed by atoms with E-state index < -0.39 is 0 Å². The maximum Gasteiger partial charge on any atom is 0.118 e. The molecule has 0 aliphatic rings. The molecule has 0 saturated heterocycles. The molecule has 0 fully saturated rings. The number of nitrogens with zero attached hydrogens (tertiary/aromatic N) is 3. The van der Waals surface area contributed by atoms with Gasteiger partial charge >= 0.3 is 0 Å². The van der Waals surface area contributed by atoms with Crippen molar-refractivity contribution in [2.75, 3.05) is 7.11 Å². The largest absolute Gasteiger partial charge is 0.497 e. The summed E-state index contributed by atoms with van der Waals surface area (Å²) < 4.78 is 5.17. The van der Waals surface area contributed by atoms with Crippen LogP contribution in [-0.2, 0) is 0 Å². The van der Waals surface area contributed by atoms with Crippen LogP contribution in [-0.4, -0.2) is 23.3 Å². The second-order valence-corrected chi connectivity index (χ2v) is 6.25. The summed E-state index contributed by atoms with van der Waals surface area (Å²) in [6.07, 6.45) is 7.29. The quantitative estimate of drug-likeness (QED) is 0.434. The summed E-state index contributed by atoms with van der Waals surface area (Å²) in [7, 11) is 1.66. The van der Waals surface area contributed by atoms with E-state index in [2.05, 4.69) is 33.2 Å². The van der Waals surface area contributed by atoms with Crippen LogP contribution in [0.4, 0.5) is 5.69 Å². The van der Waals surface area contributed by atoms with Gasteiger partial charge in [0.25, 0.3) is 0 Å². The Balaban J connectivity index is 1.47. The first-order valence-corrected chi connectivity index (χ1v) is 8.97. The van der Waals surface area contributed by atoms with Crippen molar-refractivity contribution in [1.82, 2.24) is 9.97 Å². The number of benzene rings is 2. The third-order valence-electron chi connectivity index (χ3n) is 4.42. The van der Waals surface area contributed by atoms with Gasteiger partial charge in [-0.1, -0.05) is 18.2 Å². The number of hydrogen-bond donors (Lipinski definition) is 0. The molecule has 2 aromatic carbocycles. The third kappa shape index (κ3) is 4.13. The van der Waals surface area contributed by atoms with Crippen LogP contribution in [0.25, 0.3) is 22.4 Å². The fraction of sp³-hybridized carbons (Fsp3) is 0.0417. The van der Waals surface area contributed by atoms with Crippen LogP contribution in [0.3, 0.4) is 0 Å². The fourth-order valence-corrected chi connectivity index (χ4v) is 2.84. The van der Waals surface area contributed by atoms with E-state index in [-0.39, 0.29) is 0 Å². The highest BCUT2D eigenvalue weighted by Crippen LogP contribution is 2.24. The molecule has 4 heteroatoms. The highest BCUT2D eigenvalue weighted by Gasteiger charge is 2.02. The summed E-state index contributed by atoms with van der Waals surface area (Å²) in [5.74, 6) is 0.838. The Morgan fingerprint density at radius 2 is 1.46 bits per heavy atom. The van der Waals surface area contributed by atoms with Crippen LogP contribution in [0, 0.1) is 0 Å². The summed E-state index contributed by atoms with van der Waals surface area (Å²) >= 11 is 0. The lowest BCUT2D eigenvalue weighted by molar-refractivity contribution is 0.415. The molecule has 4 rings (SSSR count). The second kappa shape index (κ2) is 8.27. The van der Waals surface area contributed by atoms with Crippen LogP contribution in [0.1, 0.15) is 5.56 Å². The Hall–Kier alpha value is -3.79. The van der Waals surface area contributed by atoms with E-state index in [1.807, 2.05) is 67.0 Å². The maximum atomic E-state index is 5.17. The van der Waals surface area contributed by atoms with Gasteiger partial charge in [0, 0.05) is 35.9 Å². The van der Waals surface area contributed by atoms with Crippen molar-refractivity contribution in [2.45, 2.75) is 0 Å². The molecule has 136 valence electrons. The van der Waals surface area contributed by atoms with Crippen molar-refractivity contribution in [3.8, 4) is 28.1 Å². The van der Waals surface area contributed by atoms with Gasteiger partial charge in [0.15, 0.2) is 0 Å². The van der Waals surface area contributed by atoms with Gasteiger partial charge in [-0.05, 0) is 65.7 Å². The van der Waals surface area contributed by atoms with Crippen molar-refractivity contribution in [3.63, 3.8) is 0 Å². The van der Waals surface area contributed by atoms with Crippen molar-refractivity contribution >= 4 is 11.9 Å². The SMILES string of the molecule is COc1ccc(/C=N/c2ccc(-c3ccc(-c4ccncc4)nc3)cc2)cc1. The predicted molar refractivity (Wildman–Crippen MR) is 113 cm³/mol. The number of methoxy groups -OCH3 is 1. The van der Waals surface area contributed by atoms with Gasteiger partial charge in [-0.3, -0.25) is 15.0 Å². The first kappa shape index (κ1) is 17.6. The number of aliphatic imine (C=N–C) groups is 1. The fourth-order valence-electron chi connectivity index (χ4n) is 2.84. The van der Waals surface area contributed by atoms with E-state index in [9.17, 15) is 0 Å². The summed E-state index contributed by atoms with van der Waals surface area (Å²) in [5.41, 5.74) is 6.11. The molecule has 0 N–H and O–H groups in total. The van der Waals surface area contributed by atoms with E-state index in [1.54, 1.807) is 19.5 Å². The number of aromatic nitrogens is 2. The topological polar surface area (TPSA) is 47.4 Å². The minimum absolute atomic E-state index is 0.838. The zero-order valence-electron chi connectivity index (χ0n) is 15.5. The molecule has 4 aromatic rings.